The van der Waals surface area contributed by atoms with E-state index in [0.717, 1.165) is 24.2 Å². The molecule has 1 aliphatic carbocycles. The van der Waals surface area contributed by atoms with Gasteiger partial charge in [-0.1, -0.05) is 26.8 Å². The van der Waals surface area contributed by atoms with Crippen LogP contribution < -0.4 is 0 Å². The lowest BCUT2D eigenvalue weighted by Crippen LogP contribution is -2.09. The molecule has 0 aliphatic heterocycles. The summed E-state index contributed by atoms with van der Waals surface area (Å²) < 4.78 is 0. The van der Waals surface area contributed by atoms with E-state index in [1.165, 1.54) is 12.8 Å². The molecule has 0 radical (unpaired) electrons. The monoisotopic (exact) mass is 233 g/mol. The lowest BCUT2D eigenvalue weighted by atomic mass is 9.89. The summed E-state index contributed by atoms with van der Waals surface area (Å²) in [6, 6.07) is 6.05. The SMILES string of the molecule is CC(C)(C)CC[C@H](O)c1cccc(C2CC2)n1. The molecule has 2 nitrogen and oxygen atoms in total. The summed E-state index contributed by atoms with van der Waals surface area (Å²) in [4.78, 5) is 4.59. The first-order valence-electron chi connectivity index (χ1n) is 6.61. The molecule has 0 bridgehead atoms. The zero-order chi connectivity index (χ0) is 12.5. The van der Waals surface area contributed by atoms with Crippen LogP contribution in [0.15, 0.2) is 18.2 Å². The molecule has 1 aromatic heterocycles. The summed E-state index contributed by atoms with van der Waals surface area (Å²) >= 11 is 0. The molecular weight excluding hydrogens is 210 g/mol. The average molecular weight is 233 g/mol. The Bertz CT molecular complexity index is 377. The summed E-state index contributed by atoms with van der Waals surface area (Å²) in [5.41, 5.74) is 2.28. The normalized spacial score (nSPS) is 18.1. The molecule has 17 heavy (non-hydrogen) atoms. The van der Waals surface area contributed by atoms with Crippen LogP contribution in [-0.2, 0) is 0 Å². The van der Waals surface area contributed by atoms with E-state index in [1.54, 1.807) is 0 Å². The summed E-state index contributed by atoms with van der Waals surface area (Å²) in [6.45, 7) is 6.61. The molecule has 0 unspecified atom stereocenters. The van der Waals surface area contributed by atoms with Gasteiger partial charge in [0.05, 0.1) is 11.8 Å². The quantitative estimate of drug-likeness (QED) is 0.857. The van der Waals surface area contributed by atoms with Gasteiger partial charge in [-0.15, -0.1) is 0 Å². The van der Waals surface area contributed by atoms with Gasteiger partial charge < -0.3 is 5.11 Å². The average Bonchev–Trinajstić information content (AvgIpc) is 3.09. The minimum Gasteiger partial charge on any atom is -0.387 e. The van der Waals surface area contributed by atoms with E-state index < -0.39 is 6.10 Å². The van der Waals surface area contributed by atoms with Crippen molar-refractivity contribution < 1.29 is 5.11 Å². The van der Waals surface area contributed by atoms with E-state index in [1.807, 2.05) is 12.1 Å². The van der Waals surface area contributed by atoms with Gasteiger partial charge in [-0.25, -0.2) is 0 Å². The van der Waals surface area contributed by atoms with E-state index in [4.69, 9.17) is 0 Å². The molecule has 2 rings (SSSR count). The maximum absolute atomic E-state index is 10.1. The van der Waals surface area contributed by atoms with Gasteiger partial charge in [-0.05, 0) is 43.2 Å². The third kappa shape index (κ3) is 3.81. The molecule has 0 amide bonds. The van der Waals surface area contributed by atoms with Crippen molar-refractivity contribution in [2.45, 2.75) is 58.5 Å². The Morgan fingerprint density at radius 3 is 2.65 bits per heavy atom. The van der Waals surface area contributed by atoms with Gasteiger partial charge in [0.2, 0.25) is 0 Å². The van der Waals surface area contributed by atoms with Crippen molar-refractivity contribution in [1.29, 1.82) is 0 Å². The Morgan fingerprint density at radius 1 is 1.35 bits per heavy atom. The summed E-state index contributed by atoms with van der Waals surface area (Å²) in [6.07, 6.45) is 3.92. The van der Waals surface area contributed by atoms with Crippen LogP contribution in [0.4, 0.5) is 0 Å². The molecule has 1 aliphatic rings. The van der Waals surface area contributed by atoms with Gasteiger partial charge in [0.15, 0.2) is 0 Å². The maximum atomic E-state index is 10.1. The number of rotatable bonds is 4. The first-order chi connectivity index (χ1) is 7.96. The van der Waals surface area contributed by atoms with Crippen LogP contribution in [-0.4, -0.2) is 10.1 Å². The highest BCUT2D eigenvalue weighted by molar-refractivity contribution is 5.19. The third-order valence-corrected chi connectivity index (χ3v) is 3.30. The largest absolute Gasteiger partial charge is 0.387 e. The third-order valence-electron chi connectivity index (χ3n) is 3.30. The zero-order valence-corrected chi connectivity index (χ0v) is 11.1. The Hall–Kier alpha value is -0.890. The number of aliphatic hydroxyl groups excluding tert-OH is 1. The first kappa shape index (κ1) is 12.6. The van der Waals surface area contributed by atoms with Crippen LogP contribution in [0.3, 0.4) is 0 Å². The second-order valence-corrected chi connectivity index (χ2v) is 6.38. The number of hydrogen-bond acceptors (Lipinski definition) is 2. The number of hydrogen-bond donors (Lipinski definition) is 1. The van der Waals surface area contributed by atoms with E-state index in [2.05, 4.69) is 31.8 Å². The van der Waals surface area contributed by atoms with Gasteiger partial charge in [0.25, 0.3) is 0 Å². The fourth-order valence-corrected chi connectivity index (χ4v) is 1.98. The minimum absolute atomic E-state index is 0.273. The Labute approximate surface area is 104 Å². The molecule has 0 aromatic carbocycles. The fraction of sp³-hybridized carbons (Fsp3) is 0.667. The van der Waals surface area contributed by atoms with Crippen molar-refractivity contribution in [3.63, 3.8) is 0 Å². The number of pyridine rings is 1. The molecule has 1 N–H and O–H groups in total. The highest BCUT2D eigenvalue weighted by atomic mass is 16.3. The number of aliphatic hydroxyl groups is 1. The van der Waals surface area contributed by atoms with Crippen LogP contribution in [0.5, 0.6) is 0 Å². The molecule has 1 saturated carbocycles. The van der Waals surface area contributed by atoms with Gasteiger partial charge in [-0.3, -0.25) is 4.98 Å². The fourth-order valence-electron chi connectivity index (χ4n) is 1.98. The molecule has 0 spiro atoms. The van der Waals surface area contributed by atoms with Crippen molar-refractivity contribution in [3.05, 3.63) is 29.6 Å². The first-order valence-corrected chi connectivity index (χ1v) is 6.61. The lowest BCUT2D eigenvalue weighted by Gasteiger charge is -2.20. The molecule has 1 atom stereocenters. The van der Waals surface area contributed by atoms with Gasteiger partial charge in [-0.2, -0.15) is 0 Å². The highest BCUT2D eigenvalue weighted by Crippen LogP contribution is 2.39. The van der Waals surface area contributed by atoms with Crippen LogP contribution >= 0.6 is 0 Å². The number of aromatic nitrogens is 1. The predicted octanol–water partition coefficient (Wildman–Crippen LogP) is 3.82. The van der Waals surface area contributed by atoms with Crippen molar-refractivity contribution in [2.24, 2.45) is 5.41 Å². The Morgan fingerprint density at radius 2 is 2.06 bits per heavy atom. The lowest BCUT2D eigenvalue weighted by molar-refractivity contribution is 0.143. The van der Waals surface area contributed by atoms with Crippen molar-refractivity contribution in [2.75, 3.05) is 0 Å². The van der Waals surface area contributed by atoms with E-state index >= 15 is 0 Å². The Balaban J connectivity index is 1.98. The van der Waals surface area contributed by atoms with Gasteiger partial charge >= 0.3 is 0 Å². The van der Waals surface area contributed by atoms with Crippen molar-refractivity contribution in [3.8, 4) is 0 Å². The summed E-state index contributed by atoms with van der Waals surface area (Å²) in [5, 5.41) is 10.1. The summed E-state index contributed by atoms with van der Waals surface area (Å²) in [7, 11) is 0. The van der Waals surface area contributed by atoms with Crippen molar-refractivity contribution >= 4 is 0 Å². The van der Waals surface area contributed by atoms with Gasteiger partial charge in [0, 0.05) is 11.6 Å². The number of nitrogens with zero attached hydrogens (tertiary/aromatic N) is 1. The molecule has 0 saturated heterocycles. The highest BCUT2D eigenvalue weighted by Gasteiger charge is 2.25. The van der Waals surface area contributed by atoms with Crippen LogP contribution in [0, 0.1) is 5.41 Å². The van der Waals surface area contributed by atoms with E-state index in [-0.39, 0.29) is 5.41 Å². The topological polar surface area (TPSA) is 33.1 Å². The van der Waals surface area contributed by atoms with Gasteiger partial charge in [0.1, 0.15) is 0 Å². The van der Waals surface area contributed by atoms with Crippen LogP contribution in [0.2, 0.25) is 0 Å². The second-order valence-electron chi connectivity index (χ2n) is 6.38. The molecule has 94 valence electrons. The standard InChI is InChI=1S/C15H23NO/c1-15(2,3)10-9-14(17)13-6-4-5-12(16-13)11-7-8-11/h4-6,11,14,17H,7-10H2,1-3H3/t14-/m0/s1. The second kappa shape index (κ2) is 4.77. The molecular formula is C15H23NO. The molecule has 1 aromatic rings. The van der Waals surface area contributed by atoms with Crippen LogP contribution in [0.25, 0.3) is 0 Å². The molecule has 1 heterocycles. The van der Waals surface area contributed by atoms with E-state index in [9.17, 15) is 5.11 Å². The predicted molar refractivity (Wildman–Crippen MR) is 69.9 cm³/mol. The van der Waals surface area contributed by atoms with E-state index in [0.29, 0.717) is 5.92 Å². The zero-order valence-electron chi connectivity index (χ0n) is 11.1. The van der Waals surface area contributed by atoms with Crippen molar-refractivity contribution in [1.82, 2.24) is 4.98 Å². The minimum atomic E-state index is -0.409. The molecule has 1 fully saturated rings. The smallest absolute Gasteiger partial charge is 0.0960 e. The summed E-state index contributed by atoms with van der Waals surface area (Å²) in [5.74, 6) is 0.657. The van der Waals surface area contributed by atoms with Crippen LogP contribution in [0.1, 0.15) is 69.9 Å². The Kier molecular flexibility index (Phi) is 3.53. The maximum Gasteiger partial charge on any atom is 0.0960 e. The molecule has 2 heteroatoms.